The molecule has 0 bridgehead atoms. The molecule has 1 heterocycles. The van der Waals surface area contributed by atoms with Gasteiger partial charge in [-0.3, -0.25) is 4.79 Å². The Bertz CT molecular complexity index is 1420. The number of carbonyl (C=O) groups is 2. The highest BCUT2D eigenvalue weighted by molar-refractivity contribution is 6.08. The maximum Gasteiger partial charge on any atom is 0.573 e. The maximum absolute atomic E-state index is 14.0. The van der Waals surface area contributed by atoms with Crippen molar-refractivity contribution in [2.24, 2.45) is 0 Å². The quantitative estimate of drug-likeness (QED) is 0.252. The average Bonchev–Trinajstić information content (AvgIpc) is 2.87. The van der Waals surface area contributed by atoms with Gasteiger partial charge in [0.1, 0.15) is 28.5 Å². The molecule has 0 atom stereocenters. The fourth-order valence-electron chi connectivity index (χ4n) is 3.60. The highest BCUT2D eigenvalue weighted by Crippen LogP contribution is 2.45. The van der Waals surface area contributed by atoms with Gasteiger partial charge < -0.3 is 29.0 Å². The summed E-state index contributed by atoms with van der Waals surface area (Å²) in [5.74, 6) is -4.27. The van der Waals surface area contributed by atoms with Gasteiger partial charge in [-0.25, -0.2) is 9.78 Å². The SMILES string of the molecule is COC(=O)c1cc(NC(=O)c2c(Oc3ccc(OC(F)(F)F)cc3OC)cc(OC)c(C(F)(F)F)c2C)ccn1. The summed E-state index contributed by atoms with van der Waals surface area (Å²) in [6.45, 7) is 1.01. The van der Waals surface area contributed by atoms with Crippen LogP contribution in [0.2, 0.25) is 0 Å². The number of methoxy groups -OCH3 is 3. The van der Waals surface area contributed by atoms with E-state index in [4.69, 9.17) is 14.2 Å². The molecule has 1 aromatic heterocycles. The van der Waals surface area contributed by atoms with Crippen molar-refractivity contribution in [3.8, 4) is 28.7 Å². The molecule has 0 aliphatic heterocycles. The fraction of sp³-hybridized carbons (Fsp3) is 0.240. The van der Waals surface area contributed by atoms with Crippen LogP contribution >= 0.6 is 0 Å². The van der Waals surface area contributed by atoms with Gasteiger partial charge >= 0.3 is 18.5 Å². The molecule has 3 rings (SSSR count). The summed E-state index contributed by atoms with van der Waals surface area (Å²) in [4.78, 5) is 28.9. The molecule has 0 saturated heterocycles. The number of ether oxygens (including phenoxy) is 5. The van der Waals surface area contributed by atoms with Gasteiger partial charge in [-0.15, -0.1) is 13.2 Å². The summed E-state index contributed by atoms with van der Waals surface area (Å²) >= 11 is 0. The van der Waals surface area contributed by atoms with E-state index >= 15 is 0 Å². The molecule has 0 aliphatic carbocycles. The van der Waals surface area contributed by atoms with Gasteiger partial charge in [-0.05, 0) is 36.8 Å². The number of amides is 1. The van der Waals surface area contributed by atoms with Crippen LogP contribution in [-0.4, -0.2) is 44.6 Å². The molecule has 3 aromatic rings. The number of carbonyl (C=O) groups excluding carboxylic acids is 2. The molecule has 0 saturated carbocycles. The highest BCUT2D eigenvalue weighted by Gasteiger charge is 2.39. The van der Waals surface area contributed by atoms with E-state index in [1.807, 2.05) is 0 Å². The van der Waals surface area contributed by atoms with Gasteiger partial charge in [-0.2, -0.15) is 13.2 Å². The van der Waals surface area contributed by atoms with Crippen molar-refractivity contribution < 1.29 is 59.6 Å². The van der Waals surface area contributed by atoms with Crippen molar-refractivity contribution >= 4 is 17.6 Å². The first-order valence-electron chi connectivity index (χ1n) is 10.9. The molecule has 9 nitrogen and oxygen atoms in total. The van der Waals surface area contributed by atoms with Crippen LogP contribution in [0.15, 0.2) is 42.6 Å². The van der Waals surface area contributed by atoms with Crippen LogP contribution in [0.1, 0.15) is 32.0 Å². The number of nitrogens with zero attached hydrogens (tertiary/aromatic N) is 1. The molecule has 0 unspecified atom stereocenters. The van der Waals surface area contributed by atoms with Crippen LogP contribution in [-0.2, 0) is 10.9 Å². The molecule has 15 heteroatoms. The lowest BCUT2D eigenvalue weighted by molar-refractivity contribution is -0.274. The Labute approximate surface area is 222 Å². The predicted molar refractivity (Wildman–Crippen MR) is 126 cm³/mol. The molecular formula is C25H20F6N2O7. The average molecular weight is 574 g/mol. The van der Waals surface area contributed by atoms with Crippen LogP contribution in [0.4, 0.5) is 32.0 Å². The lowest BCUT2D eigenvalue weighted by atomic mass is 9.98. The van der Waals surface area contributed by atoms with Crippen LogP contribution in [0.25, 0.3) is 0 Å². The number of aromatic nitrogens is 1. The van der Waals surface area contributed by atoms with E-state index in [0.29, 0.717) is 0 Å². The Morgan fingerprint density at radius 3 is 2.10 bits per heavy atom. The zero-order valence-electron chi connectivity index (χ0n) is 21.1. The fourth-order valence-corrected chi connectivity index (χ4v) is 3.60. The van der Waals surface area contributed by atoms with Crippen molar-refractivity contribution in [1.82, 2.24) is 4.98 Å². The van der Waals surface area contributed by atoms with Gasteiger partial charge in [0, 0.05) is 24.0 Å². The lowest BCUT2D eigenvalue weighted by Gasteiger charge is -2.21. The van der Waals surface area contributed by atoms with Crippen LogP contribution < -0.4 is 24.3 Å². The maximum atomic E-state index is 14.0. The van der Waals surface area contributed by atoms with E-state index < -0.39 is 58.4 Å². The van der Waals surface area contributed by atoms with Crippen molar-refractivity contribution in [3.63, 3.8) is 0 Å². The van der Waals surface area contributed by atoms with Crippen LogP contribution in [0.3, 0.4) is 0 Å². The number of benzene rings is 2. The summed E-state index contributed by atoms with van der Waals surface area (Å²) in [6.07, 6.45) is -8.79. The standard InChI is InChI=1S/C25H20F6N2O7/c1-12-20(22(34)33-13-7-8-32-15(9-13)23(35)38-4)18(11-19(37-3)21(12)24(26,27)28)39-16-6-5-14(10-17(16)36-2)40-25(29,30)31/h5-11H,1-4H3,(H,32,33,34). The highest BCUT2D eigenvalue weighted by atomic mass is 19.4. The number of halogens is 6. The van der Waals surface area contributed by atoms with E-state index in [1.165, 1.54) is 6.07 Å². The van der Waals surface area contributed by atoms with Crippen molar-refractivity contribution in [1.29, 1.82) is 0 Å². The monoisotopic (exact) mass is 574 g/mol. The third kappa shape index (κ3) is 6.84. The van der Waals surface area contributed by atoms with Crippen LogP contribution in [0.5, 0.6) is 28.7 Å². The van der Waals surface area contributed by atoms with E-state index in [9.17, 15) is 35.9 Å². The minimum Gasteiger partial charge on any atom is -0.496 e. The number of nitrogens with one attached hydrogen (secondary N) is 1. The third-order valence-corrected chi connectivity index (χ3v) is 5.24. The molecule has 0 spiro atoms. The minimum atomic E-state index is -5.00. The summed E-state index contributed by atoms with van der Waals surface area (Å²) in [6, 6.07) is 5.93. The topological polar surface area (TPSA) is 105 Å². The molecule has 1 N–H and O–H groups in total. The summed E-state index contributed by atoms with van der Waals surface area (Å²) in [5.41, 5.74) is -2.65. The number of hydrogen-bond acceptors (Lipinski definition) is 8. The van der Waals surface area contributed by atoms with Crippen molar-refractivity contribution in [2.45, 2.75) is 19.5 Å². The van der Waals surface area contributed by atoms with Crippen molar-refractivity contribution in [2.75, 3.05) is 26.6 Å². The van der Waals surface area contributed by atoms with E-state index in [0.717, 1.165) is 64.8 Å². The number of anilines is 1. The van der Waals surface area contributed by atoms with Gasteiger partial charge in [0.25, 0.3) is 5.91 Å². The molecule has 2 aromatic carbocycles. The largest absolute Gasteiger partial charge is 0.573 e. The van der Waals surface area contributed by atoms with E-state index in [2.05, 4.69) is 19.8 Å². The number of esters is 1. The second kappa shape index (κ2) is 11.6. The molecule has 0 fully saturated rings. The lowest BCUT2D eigenvalue weighted by Crippen LogP contribution is -2.19. The Morgan fingerprint density at radius 1 is 0.850 bits per heavy atom. The molecule has 0 aliphatic rings. The normalized spacial score (nSPS) is 11.4. The Kier molecular flexibility index (Phi) is 8.65. The van der Waals surface area contributed by atoms with E-state index in [-0.39, 0.29) is 22.9 Å². The summed E-state index contributed by atoms with van der Waals surface area (Å²) in [7, 11) is 3.19. The Morgan fingerprint density at radius 2 is 1.52 bits per heavy atom. The third-order valence-electron chi connectivity index (χ3n) is 5.24. The van der Waals surface area contributed by atoms with Gasteiger partial charge in [0.05, 0.1) is 26.9 Å². The predicted octanol–water partition coefficient (Wildman–Crippen LogP) is 6.16. The van der Waals surface area contributed by atoms with Crippen molar-refractivity contribution in [3.05, 3.63) is 65.0 Å². The molecular weight excluding hydrogens is 554 g/mol. The van der Waals surface area contributed by atoms with Crippen LogP contribution in [0, 0.1) is 6.92 Å². The van der Waals surface area contributed by atoms with E-state index in [1.54, 1.807) is 0 Å². The number of pyridine rings is 1. The number of hydrogen-bond donors (Lipinski definition) is 1. The molecule has 0 radical (unpaired) electrons. The van der Waals surface area contributed by atoms with Gasteiger partial charge in [0.2, 0.25) is 0 Å². The zero-order valence-corrected chi connectivity index (χ0v) is 21.1. The summed E-state index contributed by atoms with van der Waals surface area (Å²) in [5, 5.41) is 2.37. The zero-order chi connectivity index (χ0) is 29.8. The first-order chi connectivity index (χ1) is 18.7. The first kappa shape index (κ1) is 29.9. The Balaban J connectivity index is 2.14. The summed E-state index contributed by atoms with van der Waals surface area (Å²) < 4.78 is 104. The molecule has 214 valence electrons. The number of alkyl halides is 6. The van der Waals surface area contributed by atoms with Gasteiger partial charge in [0.15, 0.2) is 11.5 Å². The second-order valence-electron chi connectivity index (χ2n) is 7.79. The minimum absolute atomic E-state index is 0.0126. The smallest absolute Gasteiger partial charge is 0.496 e. The van der Waals surface area contributed by atoms with Gasteiger partial charge in [-0.1, -0.05) is 0 Å². The first-order valence-corrected chi connectivity index (χ1v) is 10.9. The molecule has 1 amide bonds. The molecule has 40 heavy (non-hydrogen) atoms. The second-order valence-corrected chi connectivity index (χ2v) is 7.79. The number of rotatable bonds is 8. The Hall–Kier alpha value is -4.69.